The van der Waals surface area contributed by atoms with E-state index in [0.717, 1.165) is 11.1 Å². The summed E-state index contributed by atoms with van der Waals surface area (Å²) in [6.45, 7) is 0.529. The molecule has 0 bridgehead atoms. The Bertz CT molecular complexity index is 1690. The number of hydrogen-bond donors (Lipinski definition) is 0. The van der Waals surface area contributed by atoms with Crippen LogP contribution in [0.25, 0.3) is 44.6 Å². The second-order valence-electron chi connectivity index (χ2n) is 8.55. The molecule has 2 aromatic heterocycles. The molecule has 2 heterocycles. The Kier molecular flexibility index (Phi) is 5.46. The number of aromatic nitrogens is 4. The average Bonchev–Trinajstić information content (AvgIpc) is 2.94. The Hall–Kier alpha value is -4.84. The van der Waals surface area contributed by atoms with E-state index in [0.29, 0.717) is 33.5 Å². The van der Waals surface area contributed by atoms with Gasteiger partial charge in [0.25, 0.3) is 11.1 Å². The Morgan fingerprint density at radius 1 is 0.472 bits per heavy atom. The summed E-state index contributed by atoms with van der Waals surface area (Å²) in [5.74, 6) is 1.14. The lowest BCUT2D eigenvalue weighted by atomic mass is 10.1. The molecule has 0 aliphatic rings. The molecule has 0 N–H and O–H groups in total. The van der Waals surface area contributed by atoms with E-state index >= 15 is 0 Å². The van der Waals surface area contributed by atoms with Gasteiger partial charge in [0, 0.05) is 24.2 Å². The highest BCUT2D eigenvalue weighted by Crippen LogP contribution is 2.21. The zero-order valence-electron chi connectivity index (χ0n) is 19.4. The van der Waals surface area contributed by atoms with Crippen LogP contribution in [0.5, 0.6) is 0 Å². The van der Waals surface area contributed by atoms with Crippen molar-refractivity contribution >= 4 is 21.8 Å². The maximum atomic E-state index is 13.6. The van der Waals surface area contributed by atoms with Crippen molar-refractivity contribution in [2.24, 2.45) is 0 Å². The highest BCUT2D eigenvalue weighted by atomic mass is 16.1. The zero-order chi connectivity index (χ0) is 24.5. The maximum Gasteiger partial charge on any atom is 0.261 e. The van der Waals surface area contributed by atoms with E-state index in [4.69, 9.17) is 9.97 Å². The number of nitrogens with zero attached hydrogens (tertiary/aromatic N) is 4. The molecule has 0 unspecified atom stereocenters. The van der Waals surface area contributed by atoms with E-state index in [9.17, 15) is 9.59 Å². The van der Waals surface area contributed by atoms with Gasteiger partial charge >= 0.3 is 0 Å². The molecule has 0 fully saturated rings. The summed E-state index contributed by atoms with van der Waals surface area (Å²) in [5.41, 5.74) is 2.70. The Morgan fingerprint density at radius 2 is 0.833 bits per heavy atom. The van der Waals surface area contributed by atoms with Crippen LogP contribution in [0.4, 0.5) is 0 Å². The Balaban J connectivity index is 1.53. The summed E-state index contributed by atoms with van der Waals surface area (Å²) in [7, 11) is 0. The Morgan fingerprint density at radius 3 is 1.25 bits per heavy atom. The van der Waals surface area contributed by atoms with Crippen LogP contribution in [0.3, 0.4) is 0 Å². The molecular weight excluding hydrogens is 448 g/mol. The molecule has 0 radical (unpaired) electrons. The number of benzene rings is 4. The van der Waals surface area contributed by atoms with E-state index in [2.05, 4.69) is 0 Å². The third-order valence-corrected chi connectivity index (χ3v) is 6.33. The second-order valence-corrected chi connectivity index (χ2v) is 8.55. The molecule has 174 valence electrons. The monoisotopic (exact) mass is 470 g/mol. The number of fused-ring (bicyclic) bond motifs is 2. The number of hydrogen-bond acceptors (Lipinski definition) is 4. The van der Waals surface area contributed by atoms with Crippen LogP contribution < -0.4 is 11.1 Å². The van der Waals surface area contributed by atoms with E-state index in [1.807, 2.05) is 97.1 Å². The molecule has 6 aromatic rings. The molecule has 6 rings (SSSR count). The van der Waals surface area contributed by atoms with Crippen LogP contribution in [-0.4, -0.2) is 19.1 Å². The molecule has 6 heteroatoms. The molecule has 0 amide bonds. The van der Waals surface area contributed by atoms with Gasteiger partial charge in [-0.05, 0) is 24.3 Å². The predicted octanol–water partition coefficient (Wildman–Crippen LogP) is 5.14. The van der Waals surface area contributed by atoms with Gasteiger partial charge in [0.1, 0.15) is 11.6 Å². The standard InChI is InChI=1S/C30H22N4O2/c35-29-23-15-7-9-17-25(23)31-27(21-11-3-1-4-12-21)33(29)19-20-34-28(22-13-5-2-6-14-22)32-26-18-10-8-16-24(26)30(34)36/h1-18H,19-20H2. The van der Waals surface area contributed by atoms with Crippen molar-refractivity contribution in [2.45, 2.75) is 13.1 Å². The fourth-order valence-corrected chi connectivity index (χ4v) is 4.57. The van der Waals surface area contributed by atoms with Crippen LogP contribution in [0.1, 0.15) is 0 Å². The lowest BCUT2D eigenvalue weighted by Crippen LogP contribution is -2.30. The summed E-state index contributed by atoms with van der Waals surface area (Å²) >= 11 is 0. The second kappa shape index (κ2) is 9.07. The predicted molar refractivity (Wildman–Crippen MR) is 143 cm³/mol. The smallest absolute Gasteiger partial charge is 0.261 e. The van der Waals surface area contributed by atoms with Crippen molar-refractivity contribution in [1.82, 2.24) is 19.1 Å². The van der Waals surface area contributed by atoms with Gasteiger partial charge in [0.05, 0.1) is 21.8 Å². The largest absolute Gasteiger partial charge is 0.290 e. The maximum absolute atomic E-state index is 13.6. The highest BCUT2D eigenvalue weighted by Gasteiger charge is 2.16. The summed E-state index contributed by atoms with van der Waals surface area (Å²) in [6.07, 6.45) is 0. The average molecular weight is 471 g/mol. The van der Waals surface area contributed by atoms with Gasteiger partial charge < -0.3 is 0 Å². The van der Waals surface area contributed by atoms with E-state index < -0.39 is 0 Å². The number of para-hydroxylation sites is 2. The molecule has 0 saturated carbocycles. The van der Waals surface area contributed by atoms with Gasteiger partial charge in [-0.25, -0.2) is 9.97 Å². The molecular formula is C30H22N4O2. The minimum atomic E-state index is -0.137. The van der Waals surface area contributed by atoms with Gasteiger partial charge in [-0.2, -0.15) is 0 Å². The molecule has 0 atom stereocenters. The highest BCUT2D eigenvalue weighted by molar-refractivity contribution is 5.80. The number of rotatable bonds is 5. The lowest BCUT2D eigenvalue weighted by molar-refractivity contribution is 0.556. The van der Waals surface area contributed by atoms with Gasteiger partial charge in [-0.1, -0.05) is 84.9 Å². The SMILES string of the molecule is O=c1c2ccccc2nc(-c2ccccc2)n1CCn1c(-c2ccccc2)nc2ccccc2c1=O. The van der Waals surface area contributed by atoms with Crippen molar-refractivity contribution in [3.05, 3.63) is 130 Å². The van der Waals surface area contributed by atoms with Crippen molar-refractivity contribution in [1.29, 1.82) is 0 Å². The molecule has 36 heavy (non-hydrogen) atoms. The van der Waals surface area contributed by atoms with E-state index in [-0.39, 0.29) is 24.2 Å². The first-order valence-electron chi connectivity index (χ1n) is 11.8. The summed E-state index contributed by atoms with van der Waals surface area (Å²) in [5, 5.41) is 1.09. The van der Waals surface area contributed by atoms with Crippen molar-refractivity contribution in [3.8, 4) is 22.8 Å². The Labute approximate surface area is 206 Å². The zero-order valence-corrected chi connectivity index (χ0v) is 19.4. The van der Waals surface area contributed by atoms with Crippen molar-refractivity contribution < 1.29 is 0 Å². The molecule has 0 saturated heterocycles. The molecule has 4 aromatic carbocycles. The van der Waals surface area contributed by atoms with Crippen LogP contribution in [-0.2, 0) is 13.1 Å². The minimum absolute atomic E-state index is 0.137. The summed E-state index contributed by atoms with van der Waals surface area (Å²) in [6, 6.07) is 34.0. The van der Waals surface area contributed by atoms with Crippen LogP contribution in [0.2, 0.25) is 0 Å². The first-order chi connectivity index (χ1) is 17.7. The summed E-state index contributed by atoms with van der Waals surface area (Å²) in [4.78, 5) is 36.9. The molecule has 0 spiro atoms. The quantitative estimate of drug-likeness (QED) is 0.350. The van der Waals surface area contributed by atoms with Gasteiger partial charge in [0.2, 0.25) is 0 Å². The van der Waals surface area contributed by atoms with Crippen LogP contribution in [0.15, 0.2) is 119 Å². The first kappa shape index (κ1) is 21.7. The lowest BCUT2D eigenvalue weighted by Gasteiger charge is -2.17. The fraction of sp³-hybridized carbons (Fsp3) is 0.0667. The molecule has 0 aliphatic carbocycles. The minimum Gasteiger partial charge on any atom is -0.290 e. The van der Waals surface area contributed by atoms with Gasteiger partial charge in [-0.3, -0.25) is 18.7 Å². The summed E-state index contributed by atoms with van der Waals surface area (Å²) < 4.78 is 3.32. The van der Waals surface area contributed by atoms with Crippen molar-refractivity contribution in [3.63, 3.8) is 0 Å². The third-order valence-electron chi connectivity index (χ3n) is 6.33. The first-order valence-corrected chi connectivity index (χ1v) is 11.8. The van der Waals surface area contributed by atoms with Gasteiger partial charge in [0.15, 0.2) is 0 Å². The third kappa shape index (κ3) is 3.79. The molecule has 0 aliphatic heterocycles. The normalized spacial score (nSPS) is 11.2. The van der Waals surface area contributed by atoms with Crippen LogP contribution in [0, 0.1) is 0 Å². The molecule has 6 nitrogen and oxygen atoms in total. The topological polar surface area (TPSA) is 69.8 Å². The van der Waals surface area contributed by atoms with Crippen LogP contribution >= 0.6 is 0 Å². The fourth-order valence-electron chi connectivity index (χ4n) is 4.57. The van der Waals surface area contributed by atoms with E-state index in [1.165, 1.54) is 0 Å². The van der Waals surface area contributed by atoms with E-state index in [1.54, 1.807) is 21.3 Å². The van der Waals surface area contributed by atoms with Gasteiger partial charge in [-0.15, -0.1) is 0 Å². The van der Waals surface area contributed by atoms with Crippen molar-refractivity contribution in [2.75, 3.05) is 0 Å².